The van der Waals surface area contributed by atoms with Crippen molar-refractivity contribution < 1.29 is 33.6 Å². The van der Waals surface area contributed by atoms with Crippen molar-refractivity contribution in [2.45, 2.75) is 25.7 Å². The van der Waals surface area contributed by atoms with E-state index in [1.807, 2.05) is 54.7 Å². The number of carbonyl (C=O) groups is 2. The van der Waals surface area contributed by atoms with E-state index in [2.05, 4.69) is 15.6 Å². The number of aliphatic carboxylic acids is 1. The molecule has 190 valence electrons. The third-order valence-corrected chi connectivity index (χ3v) is 5.36. The highest BCUT2D eigenvalue weighted by Gasteiger charge is 2.28. The molecule has 4 aromatic rings. The minimum atomic E-state index is -5.19. The summed E-state index contributed by atoms with van der Waals surface area (Å²) in [6.45, 7) is 1.62. The molecule has 2 aromatic carbocycles. The molecule has 1 amide bonds. The van der Waals surface area contributed by atoms with E-state index in [0.717, 1.165) is 36.0 Å². The predicted octanol–water partition coefficient (Wildman–Crippen LogP) is 0.695. The minimum Gasteiger partial charge on any atom is -0.542 e. The summed E-state index contributed by atoms with van der Waals surface area (Å²) in [7, 11) is 1.56. The average Bonchev–Trinajstić information content (AvgIpc) is 3.22. The van der Waals surface area contributed by atoms with E-state index in [9.17, 15) is 22.8 Å². The van der Waals surface area contributed by atoms with Crippen LogP contribution in [0, 0.1) is 0 Å². The van der Waals surface area contributed by atoms with E-state index in [-0.39, 0.29) is 18.0 Å². The smallest absolute Gasteiger partial charge is 0.430 e. The number of para-hydroxylation sites is 3. The van der Waals surface area contributed by atoms with Gasteiger partial charge in [0.25, 0.3) is 5.56 Å². The number of carbonyl (C=O) groups excluding carboxylic acids is 2. The SMILES string of the molecule is CNC(=O)Cn1c(=O)c(-c2cn(CCC[NH3+])c3ccccc23)nc2ccccc21.O=C([O-])C(F)(F)F. The maximum absolute atomic E-state index is 13.4. The van der Waals surface area contributed by atoms with Crippen molar-refractivity contribution in [1.29, 1.82) is 0 Å². The van der Waals surface area contributed by atoms with Crippen LogP contribution in [0.1, 0.15) is 6.42 Å². The van der Waals surface area contributed by atoms with E-state index in [1.54, 1.807) is 7.05 Å². The molecule has 0 aliphatic rings. The molecule has 0 aliphatic heterocycles. The molecule has 2 aromatic heterocycles. The van der Waals surface area contributed by atoms with Crippen LogP contribution >= 0.6 is 0 Å². The Morgan fingerprint density at radius 1 is 1.08 bits per heavy atom. The Morgan fingerprint density at radius 2 is 1.69 bits per heavy atom. The lowest BCUT2D eigenvalue weighted by atomic mass is 10.1. The zero-order valence-corrected chi connectivity index (χ0v) is 19.3. The van der Waals surface area contributed by atoms with E-state index in [1.165, 1.54) is 4.57 Å². The molecule has 0 saturated heterocycles. The topological polar surface area (TPSA) is 137 Å². The fourth-order valence-corrected chi connectivity index (χ4v) is 3.65. The van der Waals surface area contributed by atoms with Gasteiger partial charge in [-0.1, -0.05) is 30.3 Å². The number of hydrogen-bond donors (Lipinski definition) is 2. The van der Waals surface area contributed by atoms with E-state index >= 15 is 0 Å². The molecule has 0 bridgehead atoms. The first-order chi connectivity index (χ1) is 17.1. The summed E-state index contributed by atoms with van der Waals surface area (Å²) in [6.07, 6.45) is -2.26. The molecule has 0 atom stereocenters. The lowest BCUT2D eigenvalue weighted by Crippen LogP contribution is -2.50. The molecule has 4 rings (SSSR count). The Bertz CT molecular complexity index is 1460. The monoisotopic (exact) mass is 503 g/mol. The first-order valence-electron chi connectivity index (χ1n) is 10.9. The van der Waals surface area contributed by atoms with Gasteiger partial charge in [-0.05, 0) is 18.2 Å². The number of aromatic nitrogens is 3. The number of rotatable bonds is 6. The van der Waals surface area contributed by atoms with Gasteiger partial charge in [0.2, 0.25) is 5.91 Å². The van der Waals surface area contributed by atoms with Gasteiger partial charge in [0.1, 0.15) is 18.2 Å². The molecule has 0 spiro atoms. The molecule has 0 unspecified atom stereocenters. The van der Waals surface area contributed by atoms with Crippen molar-refractivity contribution in [1.82, 2.24) is 19.4 Å². The van der Waals surface area contributed by atoms with Gasteiger partial charge in [-0.15, -0.1) is 0 Å². The second-order valence-corrected chi connectivity index (χ2v) is 7.76. The average molecular weight is 503 g/mol. The number of hydrogen-bond acceptors (Lipinski definition) is 5. The molecule has 12 heteroatoms. The number of likely N-dealkylation sites (N-methyl/N-ethyl adjacent to an activating group) is 1. The summed E-state index contributed by atoms with van der Waals surface area (Å²) in [4.78, 5) is 38.9. The lowest BCUT2D eigenvalue weighted by Gasteiger charge is -2.11. The van der Waals surface area contributed by atoms with Gasteiger partial charge in [0.05, 0.1) is 17.6 Å². The largest absolute Gasteiger partial charge is 0.542 e. The van der Waals surface area contributed by atoms with Crippen LogP contribution in [0.25, 0.3) is 33.2 Å². The normalized spacial score (nSPS) is 11.2. The van der Waals surface area contributed by atoms with Crippen molar-refractivity contribution in [3.8, 4) is 11.3 Å². The first kappa shape index (κ1) is 26.4. The van der Waals surface area contributed by atoms with Gasteiger partial charge in [-0.2, -0.15) is 13.2 Å². The van der Waals surface area contributed by atoms with Crippen LogP contribution in [0.4, 0.5) is 13.2 Å². The molecule has 0 saturated carbocycles. The van der Waals surface area contributed by atoms with Gasteiger partial charge >= 0.3 is 6.18 Å². The number of aryl methyl sites for hydroxylation is 1. The molecule has 36 heavy (non-hydrogen) atoms. The number of halogens is 3. The van der Waals surface area contributed by atoms with Crippen molar-refractivity contribution in [2.24, 2.45) is 0 Å². The summed E-state index contributed by atoms with van der Waals surface area (Å²) >= 11 is 0. The number of amides is 1. The highest BCUT2D eigenvalue weighted by Crippen LogP contribution is 2.29. The zero-order chi connectivity index (χ0) is 26.5. The van der Waals surface area contributed by atoms with Gasteiger partial charge in [-0.3, -0.25) is 14.2 Å². The van der Waals surface area contributed by atoms with Gasteiger partial charge in [0, 0.05) is 42.7 Å². The first-order valence-corrected chi connectivity index (χ1v) is 10.9. The zero-order valence-electron chi connectivity index (χ0n) is 19.3. The summed E-state index contributed by atoms with van der Waals surface area (Å²) in [5.74, 6) is -3.24. The van der Waals surface area contributed by atoms with Crippen LogP contribution < -0.4 is 21.7 Å². The number of fused-ring (bicyclic) bond motifs is 2. The highest BCUT2D eigenvalue weighted by molar-refractivity contribution is 5.96. The van der Waals surface area contributed by atoms with Gasteiger partial charge in [-0.25, -0.2) is 4.98 Å². The van der Waals surface area contributed by atoms with Crippen molar-refractivity contribution >= 4 is 33.8 Å². The van der Waals surface area contributed by atoms with E-state index in [4.69, 9.17) is 14.9 Å². The number of carboxylic acids is 1. The Morgan fingerprint density at radius 3 is 2.31 bits per heavy atom. The molecule has 0 aliphatic carbocycles. The van der Waals surface area contributed by atoms with Crippen LogP contribution in [-0.2, 0) is 22.7 Å². The number of benzene rings is 2. The molecule has 4 N–H and O–H groups in total. The maximum atomic E-state index is 13.4. The Hall–Kier alpha value is -4.19. The van der Waals surface area contributed by atoms with E-state index in [0.29, 0.717) is 16.7 Å². The second-order valence-electron chi connectivity index (χ2n) is 7.76. The van der Waals surface area contributed by atoms with Crippen LogP contribution in [0.3, 0.4) is 0 Å². The molecule has 0 radical (unpaired) electrons. The lowest BCUT2D eigenvalue weighted by molar-refractivity contribution is -0.368. The van der Waals surface area contributed by atoms with Crippen LogP contribution in [0.2, 0.25) is 0 Å². The Balaban J connectivity index is 0.000000454. The van der Waals surface area contributed by atoms with Crippen molar-refractivity contribution in [3.05, 3.63) is 65.1 Å². The highest BCUT2D eigenvalue weighted by atomic mass is 19.4. The summed E-state index contributed by atoms with van der Waals surface area (Å²) in [5, 5.41) is 12.4. The van der Waals surface area contributed by atoms with Crippen LogP contribution in [0.15, 0.2) is 59.5 Å². The third kappa shape index (κ3) is 5.71. The van der Waals surface area contributed by atoms with Crippen molar-refractivity contribution in [3.63, 3.8) is 0 Å². The van der Waals surface area contributed by atoms with E-state index < -0.39 is 12.1 Å². The van der Waals surface area contributed by atoms with Crippen LogP contribution in [0.5, 0.6) is 0 Å². The number of nitrogens with zero attached hydrogens (tertiary/aromatic N) is 3. The molecule has 0 fully saturated rings. The number of quaternary nitrogens is 1. The summed E-state index contributed by atoms with van der Waals surface area (Å²) in [6, 6.07) is 15.4. The van der Waals surface area contributed by atoms with Crippen LogP contribution in [-0.4, -0.2) is 45.8 Å². The predicted molar refractivity (Wildman–Crippen MR) is 124 cm³/mol. The Labute approximate surface area is 203 Å². The second kappa shape index (κ2) is 11.0. The standard InChI is InChI=1S/C22H23N5O2.C2HF3O2/c1-24-20(28)14-27-19-10-5-3-8-17(19)25-21(22(27)29)16-13-26(12-6-11-23)18-9-4-2-7-15(16)18;3-2(4,5)1(6)7/h2-5,7-10,13H,6,11-12,14,23H2,1H3,(H,24,28);(H,6,7). The van der Waals surface area contributed by atoms with Gasteiger partial charge in [0.15, 0.2) is 0 Å². The summed E-state index contributed by atoms with van der Waals surface area (Å²) < 4.78 is 35.2. The molecule has 9 nitrogen and oxygen atoms in total. The molecular weight excluding hydrogens is 479 g/mol. The van der Waals surface area contributed by atoms with Gasteiger partial charge < -0.3 is 25.5 Å². The fourth-order valence-electron chi connectivity index (χ4n) is 3.65. The quantitative estimate of drug-likeness (QED) is 0.399. The third-order valence-electron chi connectivity index (χ3n) is 5.36. The molecule has 2 heterocycles. The number of alkyl halides is 3. The number of nitrogens with one attached hydrogen (secondary N) is 1. The minimum absolute atomic E-state index is 0.0501. The fraction of sp³-hybridized carbons (Fsp3) is 0.250. The Kier molecular flexibility index (Phi) is 8.10. The maximum Gasteiger partial charge on any atom is 0.430 e. The summed E-state index contributed by atoms with van der Waals surface area (Å²) in [5.41, 5.74) is 7.18. The molecular formula is C24H24F3N5O4. The number of carboxylic acid groups (broad SMARTS) is 1. The van der Waals surface area contributed by atoms with Crippen molar-refractivity contribution in [2.75, 3.05) is 13.6 Å².